The minimum Gasteiger partial charge on any atom is -0.543 e. The number of hydrogen-bond acceptors (Lipinski definition) is 7. The smallest absolute Gasteiger partial charge is 0.250 e. The summed E-state index contributed by atoms with van der Waals surface area (Å²) in [6, 6.07) is -0.390. The van der Waals surface area contributed by atoms with Crippen molar-refractivity contribution in [3.8, 4) is 0 Å². The van der Waals surface area contributed by atoms with E-state index >= 15 is 0 Å². The number of fused-ring (bicyclic) bond motifs is 2. The predicted molar refractivity (Wildman–Crippen MR) is 104 cm³/mol. The molecule has 0 aromatic carbocycles. The molecule has 4 atom stereocenters. The van der Waals surface area contributed by atoms with Gasteiger partial charge in [0.15, 0.2) is 0 Å². The van der Waals surface area contributed by atoms with Crippen LogP contribution in [0.15, 0.2) is 29.2 Å². The number of aliphatic carboxylic acids is 1. The van der Waals surface area contributed by atoms with E-state index < -0.39 is 33.9 Å². The van der Waals surface area contributed by atoms with Gasteiger partial charge in [-0.2, -0.15) is 4.40 Å². The summed E-state index contributed by atoms with van der Waals surface area (Å²) in [5.41, 5.74) is 1.20. The van der Waals surface area contributed by atoms with E-state index in [0.29, 0.717) is 5.57 Å². The van der Waals surface area contributed by atoms with Crippen LogP contribution >= 0.6 is 11.3 Å². The third kappa shape index (κ3) is 3.33. The Morgan fingerprint density at radius 3 is 2.77 bits per heavy atom. The molecule has 0 unspecified atom stereocenters. The summed E-state index contributed by atoms with van der Waals surface area (Å²) in [4.78, 5) is 26.3. The molecule has 0 spiro atoms. The van der Waals surface area contributed by atoms with Crippen LogP contribution in [-0.2, 0) is 32.7 Å². The van der Waals surface area contributed by atoms with Crippen LogP contribution in [0.4, 0.5) is 0 Å². The van der Waals surface area contributed by atoms with Gasteiger partial charge in [-0.25, -0.2) is 17.7 Å². The summed E-state index contributed by atoms with van der Waals surface area (Å²) < 4.78 is 28.8. The van der Waals surface area contributed by atoms with Crippen molar-refractivity contribution in [2.75, 3.05) is 6.26 Å². The second-order valence-electron chi connectivity index (χ2n) is 7.86. The van der Waals surface area contributed by atoms with Crippen LogP contribution in [0.1, 0.15) is 19.5 Å². The number of amides is 1. The number of carbonyl (C=O) groups excluding carboxylic acids is 2. The number of imidazole rings is 1. The highest BCUT2D eigenvalue weighted by atomic mass is 32.2. The summed E-state index contributed by atoms with van der Waals surface area (Å²) in [5.74, 6) is -2.67. The Kier molecular flexibility index (Phi) is 5.00. The highest BCUT2D eigenvalue weighted by Gasteiger charge is 2.58. The Hall–Kier alpha value is -2.28. The topological polar surface area (TPSA) is 135 Å². The van der Waals surface area contributed by atoms with Crippen LogP contribution in [0.25, 0.3) is 4.83 Å². The van der Waals surface area contributed by atoms with Gasteiger partial charge in [-0.15, -0.1) is 0 Å². The van der Waals surface area contributed by atoms with Crippen LogP contribution in [0.5, 0.6) is 0 Å². The number of hydrogen-bond donors (Lipinski definition) is 2. The molecule has 1 fully saturated rings. The number of aliphatic hydroxyl groups is 1. The normalized spacial score (nSPS) is 25.0. The first-order valence-corrected chi connectivity index (χ1v) is 12.1. The summed E-state index contributed by atoms with van der Waals surface area (Å²) in [6.07, 6.45) is 3.83. The standard InChI is InChI=1S/C18H22N4O6S2/c1-9-12(16(18(25)26)22-15(9)14(10(2)23)17(22)24)5-20-6-13-21(8-20)11(7-29-13)4-19-30(3,27)28/h6-10,14-15,19,23H,4-5H2,1-3H3/t9-,10+,14+,15+/m0/s1. The van der Waals surface area contributed by atoms with Crippen molar-refractivity contribution < 1.29 is 32.8 Å². The van der Waals surface area contributed by atoms with Crippen LogP contribution in [0.3, 0.4) is 0 Å². The molecule has 2 N–H and O–H groups in total. The van der Waals surface area contributed by atoms with Crippen LogP contribution in [0.2, 0.25) is 0 Å². The second-order valence-corrected chi connectivity index (χ2v) is 10.6. The lowest BCUT2D eigenvalue weighted by molar-refractivity contribution is -0.688. The van der Waals surface area contributed by atoms with Gasteiger partial charge in [0.25, 0.3) is 0 Å². The van der Waals surface area contributed by atoms with E-state index in [2.05, 4.69) is 4.72 Å². The molecule has 2 aliphatic rings. The SMILES string of the molecule is C[C@@H](O)[C@H]1C(=O)N2C(C(=O)[O-])=C(C[n+]3cc4scc(CNS(C)(=O)=O)n4c3)[C@H](C)[C@H]12. The molecule has 12 heteroatoms. The maximum Gasteiger partial charge on any atom is 0.250 e. The largest absolute Gasteiger partial charge is 0.543 e. The van der Waals surface area contributed by atoms with Crippen LogP contribution in [-0.4, -0.2) is 53.1 Å². The van der Waals surface area contributed by atoms with Gasteiger partial charge in [0.1, 0.15) is 18.4 Å². The van der Waals surface area contributed by atoms with Crippen molar-refractivity contribution in [2.24, 2.45) is 11.8 Å². The molecule has 0 aliphatic carbocycles. The molecule has 0 bridgehead atoms. The zero-order valence-electron chi connectivity index (χ0n) is 16.6. The molecule has 4 rings (SSSR count). The van der Waals surface area contributed by atoms with E-state index in [4.69, 9.17) is 0 Å². The molecule has 0 saturated carbocycles. The number of carbonyl (C=O) groups is 2. The number of β-lactam (4-membered cyclic amide) rings is 1. The summed E-state index contributed by atoms with van der Waals surface area (Å²) in [5, 5.41) is 23.6. The zero-order valence-corrected chi connectivity index (χ0v) is 18.2. The summed E-state index contributed by atoms with van der Waals surface area (Å²) in [6.45, 7) is 3.76. The number of rotatable bonds is 7. The second kappa shape index (κ2) is 7.15. The summed E-state index contributed by atoms with van der Waals surface area (Å²) >= 11 is 1.43. The van der Waals surface area contributed by atoms with E-state index in [0.717, 1.165) is 16.8 Å². The molecule has 1 saturated heterocycles. The molecule has 2 aromatic heterocycles. The molecule has 4 heterocycles. The third-order valence-electron chi connectivity index (χ3n) is 5.78. The lowest BCUT2D eigenvalue weighted by Gasteiger charge is -2.47. The number of carboxylic acid groups (broad SMARTS) is 1. The average Bonchev–Trinajstić information content (AvgIpc) is 3.24. The maximum absolute atomic E-state index is 12.4. The zero-order chi connectivity index (χ0) is 22.0. The molecule has 1 amide bonds. The van der Waals surface area contributed by atoms with Gasteiger partial charge >= 0.3 is 0 Å². The number of nitrogens with zero attached hydrogens (tertiary/aromatic N) is 3. The minimum absolute atomic E-state index is 0.115. The third-order valence-corrected chi connectivity index (χ3v) is 7.38. The van der Waals surface area contributed by atoms with Gasteiger partial charge in [-0.3, -0.25) is 4.79 Å². The van der Waals surface area contributed by atoms with Gasteiger partial charge < -0.3 is 19.9 Å². The first-order valence-electron chi connectivity index (χ1n) is 9.37. The van der Waals surface area contributed by atoms with Crippen molar-refractivity contribution in [2.45, 2.75) is 39.1 Å². The molecule has 0 radical (unpaired) electrons. The highest BCUT2D eigenvalue weighted by Crippen LogP contribution is 2.46. The fourth-order valence-corrected chi connectivity index (χ4v) is 5.73. The predicted octanol–water partition coefficient (Wildman–Crippen LogP) is -1.80. The minimum atomic E-state index is -3.33. The van der Waals surface area contributed by atoms with Crippen molar-refractivity contribution >= 4 is 38.1 Å². The van der Waals surface area contributed by atoms with Gasteiger partial charge in [-0.1, -0.05) is 18.3 Å². The fourth-order valence-electron chi connectivity index (χ4n) is 4.39. The van der Waals surface area contributed by atoms with Gasteiger partial charge in [0, 0.05) is 16.9 Å². The number of sulfonamides is 1. The molecule has 30 heavy (non-hydrogen) atoms. The number of thiazole rings is 1. The van der Waals surface area contributed by atoms with Gasteiger partial charge in [0.2, 0.25) is 27.1 Å². The molecule has 2 aromatic rings. The molecular weight excluding hydrogens is 432 g/mol. The van der Waals surface area contributed by atoms with Crippen molar-refractivity contribution in [1.82, 2.24) is 14.0 Å². The first-order chi connectivity index (χ1) is 14.0. The first kappa shape index (κ1) is 21.0. The van der Waals surface area contributed by atoms with Gasteiger partial charge in [-0.05, 0) is 6.92 Å². The van der Waals surface area contributed by atoms with Crippen LogP contribution < -0.4 is 14.4 Å². The summed E-state index contributed by atoms with van der Waals surface area (Å²) in [7, 11) is -3.33. The number of nitrogens with one attached hydrogen (secondary N) is 1. The molecular formula is C18H22N4O6S2. The Morgan fingerprint density at radius 1 is 1.47 bits per heavy atom. The Bertz CT molecular complexity index is 1180. The lowest BCUT2D eigenvalue weighted by Crippen LogP contribution is -2.64. The van der Waals surface area contributed by atoms with Crippen molar-refractivity contribution in [1.29, 1.82) is 0 Å². The molecule has 10 nitrogen and oxygen atoms in total. The van der Waals surface area contributed by atoms with E-state index in [9.17, 15) is 28.2 Å². The van der Waals surface area contributed by atoms with Crippen LogP contribution in [0, 0.1) is 11.8 Å². The maximum atomic E-state index is 12.4. The van der Waals surface area contributed by atoms with E-state index in [1.165, 1.54) is 23.2 Å². The number of aliphatic hydroxyl groups excluding tert-OH is 1. The van der Waals surface area contributed by atoms with E-state index in [1.807, 2.05) is 22.9 Å². The van der Waals surface area contributed by atoms with Crippen molar-refractivity contribution in [3.63, 3.8) is 0 Å². The average molecular weight is 455 g/mol. The lowest BCUT2D eigenvalue weighted by atomic mass is 9.78. The Labute approximate surface area is 177 Å². The Morgan fingerprint density at radius 2 is 2.17 bits per heavy atom. The van der Waals surface area contributed by atoms with E-state index in [-0.39, 0.29) is 30.7 Å². The Balaban J connectivity index is 1.63. The fraction of sp³-hybridized carbons (Fsp3) is 0.500. The number of carboxylic acids is 1. The van der Waals surface area contributed by atoms with Gasteiger partial charge in [0.05, 0.1) is 42.5 Å². The molecule has 2 aliphatic heterocycles. The number of aromatic nitrogens is 2. The van der Waals surface area contributed by atoms with E-state index in [1.54, 1.807) is 10.9 Å². The molecule has 162 valence electrons. The highest BCUT2D eigenvalue weighted by molar-refractivity contribution is 7.88. The monoisotopic (exact) mass is 454 g/mol. The quantitative estimate of drug-likeness (QED) is 0.374. The van der Waals surface area contributed by atoms with Crippen molar-refractivity contribution in [3.05, 3.63) is 34.9 Å².